The zero-order valence-corrected chi connectivity index (χ0v) is 9.70. The summed E-state index contributed by atoms with van der Waals surface area (Å²) in [7, 11) is 0. The Hall–Kier alpha value is -0.240. The highest BCUT2D eigenvalue weighted by molar-refractivity contribution is 4.89. The zero-order chi connectivity index (χ0) is 12.5. The molecule has 0 radical (unpaired) electrons. The minimum atomic E-state index is -1.39. The molecule has 0 amide bonds. The van der Waals surface area contributed by atoms with Crippen molar-refractivity contribution in [3.05, 3.63) is 0 Å². The van der Waals surface area contributed by atoms with Crippen LogP contribution in [0.5, 0.6) is 0 Å². The molecule has 6 nitrogen and oxygen atoms in total. The Kier molecular flexibility index (Phi) is 4.28. The number of hydrogen-bond donors (Lipinski definition) is 4. The van der Waals surface area contributed by atoms with E-state index in [9.17, 15) is 15.3 Å². The van der Waals surface area contributed by atoms with E-state index >= 15 is 0 Å². The van der Waals surface area contributed by atoms with Crippen molar-refractivity contribution in [3.63, 3.8) is 0 Å². The van der Waals surface area contributed by atoms with E-state index in [1.165, 1.54) is 0 Å². The van der Waals surface area contributed by atoms with Crippen molar-refractivity contribution < 1.29 is 29.9 Å². The lowest BCUT2D eigenvalue weighted by molar-refractivity contribution is -0.320. The van der Waals surface area contributed by atoms with Gasteiger partial charge in [-0.1, -0.05) is 0 Å². The molecule has 5 atom stereocenters. The Labute approximate surface area is 94.4 Å². The van der Waals surface area contributed by atoms with Crippen molar-refractivity contribution in [2.75, 3.05) is 6.61 Å². The van der Waals surface area contributed by atoms with Crippen molar-refractivity contribution in [1.82, 2.24) is 0 Å². The summed E-state index contributed by atoms with van der Waals surface area (Å²) in [5.41, 5.74) is -0.562. The number of ether oxygens (including phenoxy) is 2. The van der Waals surface area contributed by atoms with Crippen LogP contribution in [0.3, 0.4) is 0 Å². The second kappa shape index (κ2) is 4.95. The molecule has 0 saturated carbocycles. The average Bonchev–Trinajstić information content (AvgIpc) is 2.17. The Balaban J connectivity index is 2.71. The molecule has 6 heteroatoms. The highest BCUT2D eigenvalue weighted by atomic mass is 16.7. The maximum absolute atomic E-state index is 9.64. The third kappa shape index (κ3) is 3.13. The van der Waals surface area contributed by atoms with Crippen LogP contribution in [0.4, 0.5) is 0 Å². The molecule has 16 heavy (non-hydrogen) atoms. The quantitative estimate of drug-likeness (QED) is 0.471. The molecule has 1 saturated heterocycles. The summed E-state index contributed by atoms with van der Waals surface area (Å²) in [4.78, 5) is 0. The fraction of sp³-hybridized carbons (Fsp3) is 1.00. The van der Waals surface area contributed by atoms with E-state index in [2.05, 4.69) is 0 Å². The molecule has 1 aliphatic rings. The van der Waals surface area contributed by atoms with E-state index in [4.69, 9.17) is 14.6 Å². The van der Waals surface area contributed by atoms with Crippen LogP contribution in [0.15, 0.2) is 0 Å². The standard InChI is InChI=1S/C10H20O6/c1-10(2,3)16-9-8(14)7(13)6(12)5(4-11)15-9/h5-9,11-14H,4H2,1-3H3/t5?,6-,7-,8?,9+/m0/s1. The number of rotatable bonds is 2. The molecule has 1 rings (SSSR count). The van der Waals surface area contributed by atoms with Gasteiger partial charge in [-0.05, 0) is 20.8 Å². The monoisotopic (exact) mass is 236 g/mol. The van der Waals surface area contributed by atoms with Crippen LogP contribution in [-0.4, -0.2) is 63.3 Å². The van der Waals surface area contributed by atoms with Crippen molar-refractivity contribution in [2.45, 2.75) is 57.1 Å². The van der Waals surface area contributed by atoms with Crippen LogP contribution in [0.25, 0.3) is 0 Å². The van der Waals surface area contributed by atoms with Crippen LogP contribution in [-0.2, 0) is 9.47 Å². The Bertz CT molecular complexity index is 224. The van der Waals surface area contributed by atoms with Gasteiger partial charge in [0.05, 0.1) is 12.2 Å². The molecule has 0 bridgehead atoms. The maximum atomic E-state index is 9.64. The van der Waals surface area contributed by atoms with E-state index in [0.717, 1.165) is 0 Å². The molecular formula is C10H20O6. The molecule has 2 unspecified atom stereocenters. The van der Waals surface area contributed by atoms with Crippen molar-refractivity contribution in [1.29, 1.82) is 0 Å². The van der Waals surface area contributed by atoms with Gasteiger partial charge in [0, 0.05) is 0 Å². The first-order valence-electron chi connectivity index (χ1n) is 5.24. The van der Waals surface area contributed by atoms with E-state index in [0.29, 0.717) is 0 Å². The first-order valence-corrected chi connectivity index (χ1v) is 5.24. The van der Waals surface area contributed by atoms with Gasteiger partial charge in [0.15, 0.2) is 6.29 Å². The summed E-state index contributed by atoms with van der Waals surface area (Å²) >= 11 is 0. The van der Waals surface area contributed by atoms with E-state index < -0.39 is 42.9 Å². The fourth-order valence-corrected chi connectivity index (χ4v) is 1.51. The highest BCUT2D eigenvalue weighted by Gasteiger charge is 2.45. The lowest BCUT2D eigenvalue weighted by Gasteiger charge is -2.41. The van der Waals surface area contributed by atoms with Crippen LogP contribution in [0, 0.1) is 0 Å². The van der Waals surface area contributed by atoms with Gasteiger partial charge in [0.1, 0.15) is 24.4 Å². The maximum Gasteiger partial charge on any atom is 0.187 e. The summed E-state index contributed by atoms with van der Waals surface area (Å²) in [6, 6.07) is 0. The van der Waals surface area contributed by atoms with Crippen LogP contribution in [0.2, 0.25) is 0 Å². The highest BCUT2D eigenvalue weighted by Crippen LogP contribution is 2.25. The summed E-state index contributed by atoms with van der Waals surface area (Å²) < 4.78 is 10.6. The average molecular weight is 236 g/mol. The van der Waals surface area contributed by atoms with Crippen molar-refractivity contribution in [3.8, 4) is 0 Å². The number of hydrogen-bond acceptors (Lipinski definition) is 6. The number of aliphatic hydroxyl groups excluding tert-OH is 4. The molecule has 1 aliphatic heterocycles. The van der Waals surface area contributed by atoms with Gasteiger partial charge in [0.2, 0.25) is 0 Å². The van der Waals surface area contributed by atoms with Gasteiger partial charge < -0.3 is 29.9 Å². The summed E-state index contributed by atoms with van der Waals surface area (Å²) in [6.45, 7) is 4.87. The zero-order valence-electron chi connectivity index (χ0n) is 9.70. The second-order valence-corrected chi connectivity index (χ2v) is 4.93. The van der Waals surface area contributed by atoms with Crippen LogP contribution in [0.1, 0.15) is 20.8 Å². The predicted molar refractivity (Wildman–Crippen MR) is 54.6 cm³/mol. The summed E-state index contributed by atoms with van der Waals surface area (Å²) in [5.74, 6) is 0. The molecular weight excluding hydrogens is 216 g/mol. The normalized spacial score (nSPS) is 41.1. The molecule has 96 valence electrons. The molecule has 0 aromatic rings. The van der Waals surface area contributed by atoms with Gasteiger partial charge in [-0.2, -0.15) is 0 Å². The number of aliphatic hydroxyl groups is 4. The lowest BCUT2D eigenvalue weighted by Crippen LogP contribution is -2.60. The fourth-order valence-electron chi connectivity index (χ4n) is 1.51. The van der Waals surface area contributed by atoms with Crippen LogP contribution < -0.4 is 0 Å². The largest absolute Gasteiger partial charge is 0.394 e. The van der Waals surface area contributed by atoms with Crippen LogP contribution >= 0.6 is 0 Å². The Morgan fingerprint density at radius 2 is 1.62 bits per heavy atom. The topological polar surface area (TPSA) is 99.4 Å². The van der Waals surface area contributed by atoms with E-state index in [-0.39, 0.29) is 0 Å². The molecule has 4 N–H and O–H groups in total. The molecule has 0 aromatic heterocycles. The van der Waals surface area contributed by atoms with Gasteiger partial charge >= 0.3 is 0 Å². The van der Waals surface area contributed by atoms with Gasteiger partial charge in [-0.15, -0.1) is 0 Å². The van der Waals surface area contributed by atoms with E-state index in [1.807, 2.05) is 0 Å². The molecule has 0 aromatic carbocycles. The van der Waals surface area contributed by atoms with Gasteiger partial charge in [-0.25, -0.2) is 0 Å². The third-order valence-corrected chi connectivity index (χ3v) is 2.32. The lowest BCUT2D eigenvalue weighted by atomic mass is 9.99. The van der Waals surface area contributed by atoms with Gasteiger partial charge in [0.25, 0.3) is 0 Å². The summed E-state index contributed by atoms with van der Waals surface area (Å²) in [5, 5.41) is 37.6. The summed E-state index contributed by atoms with van der Waals surface area (Å²) in [6.07, 6.45) is -6.06. The smallest absolute Gasteiger partial charge is 0.187 e. The van der Waals surface area contributed by atoms with E-state index in [1.54, 1.807) is 20.8 Å². The molecule has 0 spiro atoms. The third-order valence-electron chi connectivity index (χ3n) is 2.32. The molecule has 1 fully saturated rings. The van der Waals surface area contributed by atoms with Crippen molar-refractivity contribution in [2.24, 2.45) is 0 Å². The molecule has 0 aliphatic carbocycles. The minimum absolute atomic E-state index is 0.449. The first-order chi connectivity index (χ1) is 7.26. The van der Waals surface area contributed by atoms with Gasteiger partial charge in [-0.3, -0.25) is 0 Å². The second-order valence-electron chi connectivity index (χ2n) is 4.93. The first kappa shape index (κ1) is 13.8. The SMILES string of the molecule is CC(C)(C)O[C@H]1OC(CO)[C@H](O)[C@H](O)C1O. The Morgan fingerprint density at radius 1 is 1.06 bits per heavy atom. The molecule has 1 heterocycles. The Morgan fingerprint density at radius 3 is 2.06 bits per heavy atom. The minimum Gasteiger partial charge on any atom is -0.394 e. The predicted octanol–water partition coefficient (Wildman–Crippen LogP) is -1.40. The van der Waals surface area contributed by atoms with Crippen molar-refractivity contribution >= 4 is 0 Å².